The molecule has 1 aliphatic heterocycles. The molecule has 0 aromatic heterocycles. The lowest BCUT2D eigenvalue weighted by Crippen LogP contribution is -2.28. The minimum atomic E-state index is -0.191. The Labute approximate surface area is 158 Å². The van der Waals surface area contributed by atoms with Crippen LogP contribution < -0.4 is 4.74 Å². The molecule has 0 radical (unpaired) electrons. The monoisotopic (exact) mass is 366 g/mol. The highest BCUT2D eigenvalue weighted by Gasteiger charge is 2.21. The van der Waals surface area contributed by atoms with E-state index in [4.69, 9.17) is 16.3 Å². The average Bonchev–Trinajstić information content (AvgIpc) is 3.21. The Morgan fingerprint density at radius 3 is 2.50 bits per heavy atom. The molecule has 0 aliphatic carbocycles. The molecule has 2 aromatic carbocycles. The Hall–Kier alpha value is -2.77. The number of hydrogen-bond acceptors (Lipinski definition) is 3. The second-order valence-corrected chi connectivity index (χ2v) is 6.53. The van der Waals surface area contributed by atoms with Gasteiger partial charge in [0.2, 0.25) is 0 Å². The van der Waals surface area contributed by atoms with E-state index in [0.29, 0.717) is 17.4 Å². The second-order valence-electron chi connectivity index (χ2n) is 6.12. The number of hydrogen-bond donors (Lipinski definition) is 0. The first-order chi connectivity index (χ1) is 12.7. The third kappa shape index (κ3) is 4.44. The summed E-state index contributed by atoms with van der Waals surface area (Å²) in [5.41, 5.74) is 1.87. The number of amides is 1. The van der Waals surface area contributed by atoms with E-state index in [1.165, 1.54) is 0 Å². The van der Waals surface area contributed by atoms with E-state index in [1.807, 2.05) is 54.6 Å². The zero-order valence-corrected chi connectivity index (χ0v) is 15.1. The van der Waals surface area contributed by atoms with E-state index in [-0.39, 0.29) is 11.5 Å². The predicted octanol–water partition coefficient (Wildman–Crippen LogP) is 4.45. The summed E-state index contributed by atoms with van der Waals surface area (Å²) in [7, 11) is 0. The number of carbonyl (C=O) groups is 1. The van der Waals surface area contributed by atoms with Crippen molar-refractivity contribution in [2.45, 2.75) is 19.4 Å². The fourth-order valence-electron chi connectivity index (χ4n) is 2.84. The van der Waals surface area contributed by atoms with Gasteiger partial charge in [-0.2, -0.15) is 5.26 Å². The molecule has 1 fully saturated rings. The molecule has 0 unspecified atom stereocenters. The first-order valence-electron chi connectivity index (χ1n) is 8.55. The van der Waals surface area contributed by atoms with Gasteiger partial charge in [0, 0.05) is 23.7 Å². The maximum atomic E-state index is 12.3. The Balaban J connectivity index is 1.65. The van der Waals surface area contributed by atoms with Gasteiger partial charge in [0.1, 0.15) is 24.0 Å². The summed E-state index contributed by atoms with van der Waals surface area (Å²) < 4.78 is 5.74. The van der Waals surface area contributed by atoms with Crippen molar-refractivity contribution in [2.24, 2.45) is 0 Å². The number of nitrogens with zero attached hydrogens (tertiary/aromatic N) is 2. The molecule has 0 saturated carbocycles. The van der Waals surface area contributed by atoms with Gasteiger partial charge >= 0.3 is 0 Å². The van der Waals surface area contributed by atoms with Crippen molar-refractivity contribution in [3.8, 4) is 11.8 Å². The highest BCUT2D eigenvalue weighted by atomic mass is 35.5. The fraction of sp³-hybridized carbons (Fsp3) is 0.238. The van der Waals surface area contributed by atoms with Gasteiger partial charge in [-0.1, -0.05) is 41.9 Å². The molecule has 4 nitrogen and oxygen atoms in total. The molecule has 26 heavy (non-hydrogen) atoms. The lowest BCUT2D eigenvalue weighted by molar-refractivity contribution is -0.125. The van der Waals surface area contributed by atoms with Gasteiger partial charge in [-0.05, 0) is 42.7 Å². The first-order valence-corrected chi connectivity index (χ1v) is 8.92. The van der Waals surface area contributed by atoms with Gasteiger partial charge in [-0.3, -0.25) is 4.79 Å². The van der Waals surface area contributed by atoms with E-state index < -0.39 is 0 Å². The molecular formula is C21H19ClN2O2. The quantitative estimate of drug-likeness (QED) is 0.580. The summed E-state index contributed by atoms with van der Waals surface area (Å²) in [6.07, 6.45) is 3.63. The van der Waals surface area contributed by atoms with Crippen molar-refractivity contribution in [3.05, 3.63) is 70.3 Å². The molecule has 0 N–H and O–H groups in total. The summed E-state index contributed by atoms with van der Waals surface area (Å²) in [6.45, 7) is 1.84. The lowest BCUT2D eigenvalue weighted by atomic mass is 10.1. The van der Waals surface area contributed by atoms with Crippen LogP contribution in [0.4, 0.5) is 0 Å². The number of ether oxygens (including phenoxy) is 1. The Morgan fingerprint density at radius 2 is 1.85 bits per heavy atom. The fourth-order valence-corrected chi connectivity index (χ4v) is 3.03. The zero-order valence-electron chi connectivity index (χ0n) is 14.3. The molecule has 2 aromatic rings. The van der Waals surface area contributed by atoms with Crippen LogP contribution in [0.5, 0.6) is 5.75 Å². The largest absolute Gasteiger partial charge is 0.489 e. The number of likely N-dealkylation sites (tertiary alicyclic amines) is 1. The summed E-state index contributed by atoms with van der Waals surface area (Å²) in [5, 5.41) is 9.98. The molecule has 5 heteroatoms. The Morgan fingerprint density at radius 1 is 1.15 bits per heavy atom. The Bertz CT molecular complexity index is 847. The first kappa shape index (κ1) is 18.0. The molecule has 132 valence electrons. The molecule has 0 spiro atoms. The maximum Gasteiger partial charge on any atom is 0.264 e. The SMILES string of the molecule is N#C/C(=C\c1ccc(OCc2ccccc2Cl)cc1)C(=O)N1CCCC1. The number of benzene rings is 2. The predicted molar refractivity (Wildman–Crippen MR) is 102 cm³/mol. The van der Waals surface area contributed by atoms with E-state index in [2.05, 4.69) is 0 Å². The smallest absolute Gasteiger partial charge is 0.264 e. The van der Waals surface area contributed by atoms with Crippen molar-refractivity contribution in [3.63, 3.8) is 0 Å². The van der Waals surface area contributed by atoms with E-state index in [9.17, 15) is 10.1 Å². The minimum Gasteiger partial charge on any atom is -0.489 e. The summed E-state index contributed by atoms with van der Waals surface area (Å²) in [5.74, 6) is 0.510. The third-order valence-corrected chi connectivity index (χ3v) is 4.66. The van der Waals surface area contributed by atoms with Crippen LogP contribution >= 0.6 is 11.6 Å². The number of carbonyl (C=O) groups excluding carboxylic acids is 1. The van der Waals surface area contributed by atoms with Crippen molar-refractivity contribution in [1.29, 1.82) is 5.26 Å². The third-order valence-electron chi connectivity index (χ3n) is 4.29. The van der Waals surface area contributed by atoms with Gasteiger partial charge in [0.25, 0.3) is 5.91 Å². The standard InChI is InChI=1S/C21H19ClN2O2/c22-20-6-2-1-5-17(20)15-26-19-9-7-16(8-10-19)13-18(14-23)21(25)24-11-3-4-12-24/h1-2,5-10,13H,3-4,11-12,15H2/b18-13+. The van der Waals surface area contributed by atoms with Crippen molar-refractivity contribution in [2.75, 3.05) is 13.1 Å². The lowest BCUT2D eigenvalue weighted by Gasteiger charge is -2.14. The molecule has 1 heterocycles. The summed E-state index contributed by atoms with van der Waals surface area (Å²) >= 11 is 6.12. The van der Waals surface area contributed by atoms with E-state index in [1.54, 1.807) is 11.0 Å². The number of halogens is 1. The van der Waals surface area contributed by atoms with Crippen LogP contribution in [0.1, 0.15) is 24.0 Å². The van der Waals surface area contributed by atoms with Crippen LogP contribution in [0.3, 0.4) is 0 Å². The highest BCUT2D eigenvalue weighted by molar-refractivity contribution is 6.31. The van der Waals surface area contributed by atoms with Gasteiger partial charge < -0.3 is 9.64 Å². The van der Waals surface area contributed by atoms with Gasteiger partial charge in [0.15, 0.2) is 0 Å². The van der Waals surface area contributed by atoms with Crippen LogP contribution in [-0.4, -0.2) is 23.9 Å². The van der Waals surface area contributed by atoms with Crippen molar-refractivity contribution in [1.82, 2.24) is 4.90 Å². The van der Waals surface area contributed by atoms with Crippen LogP contribution in [0.25, 0.3) is 6.08 Å². The van der Waals surface area contributed by atoms with Crippen LogP contribution in [-0.2, 0) is 11.4 Å². The van der Waals surface area contributed by atoms with Gasteiger partial charge in [-0.25, -0.2) is 0 Å². The molecule has 1 aliphatic rings. The van der Waals surface area contributed by atoms with E-state index >= 15 is 0 Å². The number of nitriles is 1. The topological polar surface area (TPSA) is 53.3 Å². The Kier molecular flexibility index (Phi) is 5.93. The van der Waals surface area contributed by atoms with E-state index in [0.717, 1.165) is 37.1 Å². The molecule has 3 rings (SSSR count). The van der Waals surface area contributed by atoms with Gasteiger partial charge in [-0.15, -0.1) is 0 Å². The zero-order chi connectivity index (χ0) is 18.4. The van der Waals surface area contributed by atoms with Crippen LogP contribution in [0, 0.1) is 11.3 Å². The summed E-state index contributed by atoms with van der Waals surface area (Å²) in [6, 6.07) is 16.9. The second kappa shape index (κ2) is 8.55. The summed E-state index contributed by atoms with van der Waals surface area (Å²) in [4.78, 5) is 14.1. The molecule has 0 atom stereocenters. The van der Waals surface area contributed by atoms with Crippen LogP contribution in [0.15, 0.2) is 54.1 Å². The van der Waals surface area contributed by atoms with Crippen LogP contribution in [0.2, 0.25) is 5.02 Å². The average molecular weight is 367 g/mol. The molecule has 1 saturated heterocycles. The minimum absolute atomic E-state index is 0.164. The highest BCUT2D eigenvalue weighted by Crippen LogP contribution is 2.20. The molecule has 1 amide bonds. The molecule has 0 bridgehead atoms. The van der Waals surface area contributed by atoms with Crippen molar-refractivity contribution < 1.29 is 9.53 Å². The number of rotatable bonds is 5. The van der Waals surface area contributed by atoms with Gasteiger partial charge in [0.05, 0.1) is 0 Å². The van der Waals surface area contributed by atoms with Crippen molar-refractivity contribution >= 4 is 23.6 Å². The molecular weight excluding hydrogens is 348 g/mol. The maximum absolute atomic E-state index is 12.3. The normalized spacial score (nSPS) is 14.2.